The third-order valence-electron chi connectivity index (χ3n) is 4.81. The van der Waals surface area contributed by atoms with Gasteiger partial charge in [-0.25, -0.2) is 0 Å². The summed E-state index contributed by atoms with van der Waals surface area (Å²) in [6, 6.07) is 0. The number of rotatable bonds is 1. The molecule has 1 nitrogen and oxygen atoms in total. The molecule has 16 heavy (non-hydrogen) atoms. The van der Waals surface area contributed by atoms with Crippen LogP contribution in [0.3, 0.4) is 0 Å². The van der Waals surface area contributed by atoms with Crippen LogP contribution in [0.1, 0.15) is 46.0 Å². The van der Waals surface area contributed by atoms with Crippen molar-refractivity contribution in [2.75, 3.05) is 0 Å². The first kappa shape index (κ1) is 11.9. The fraction of sp³-hybridized carbons (Fsp3) is 0.733. The van der Waals surface area contributed by atoms with Gasteiger partial charge in [-0.1, -0.05) is 31.2 Å². The first-order chi connectivity index (χ1) is 7.42. The van der Waals surface area contributed by atoms with Crippen molar-refractivity contribution in [2.45, 2.75) is 52.1 Å². The van der Waals surface area contributed by atoms with E-state index in [2.05, 4.69) is 27.0 Å². The minimum atomic E-state index is -0.157. The van der Waals surface area contributed by atoms with Crippen LogP contribution in [-0.4, -0.2) is 11.2 Å². The quantitative estimate of drug-likeness (QED) is 0.668. The fourth-order valence-electron chi connectivity index (χ4n) is 3.77. The van der Waals surface area contributed by atoms with Crippen molar-refractivity contribution in [1.82, 2.24) is 0 Å². The molecule has 4 unspecified atom stereocenters. The summed E-state index contributed by atoms with van der Waals surface area (Å²) in [7, 11) is 0. The zero-order chi connectivity index (χ0) is 11.9. The highest BCUT2D eigenvalue weighted by Gasteiger charge is 2.45. The second kappa shape index (κ2) is 4.03. The lowest BCUT2D eigenvalue weighted by Gasteiger charge is -2.50. The minimum absolute atomic E-state index is 0.157. The molecule has 2 fully saturated rings. The van der Waals surface area contributed by atoms with Gasteiger partial charge in [0.15, 0.2) is 0 Å². The van der Waals surface area contributed by atoms with Gasteiger partial charge in [-0.3, -0.25) is 0 Å². The Hall–Kier alpha value is -0.560. The molecule has 1 N–H and O–H groups in total. The van der Waals surface area contributed by atoms with Crippen LogP contribution in [0, 0.1) is 17.3 Å². The number of fused-ring (bicyclic) bond motifs is 1. The van der Waals surface area contributed by atoms with Crippen molar-refractivity contribution in [1.29, 1.82) is 0 Å². The highest BCUT2D eigenvalue weighted by atomic mass is 16.3. The summed E-state index contributed by atoms with van der Waals surface area (Å²) in [6.07, 6.45) is 5.27. The molecular weight excluding hydrogens is 196 g/mol. The fourth-order valence-corrected chi connectivity index (χ4v) is 3.77. The molecule has 2 saturated carbocycles. The first-order valence-electron chi connectivity index (χ1n) is 6.43. The molecule has 2 rings (SSSR count). The van der Waals surface area contributed by atoms with Crippen molar-refractivity contribution in [2.24, 2.45) is 17.3 Å². The average Bonchev–Trinajstić information content (AvgIpc) is 2.15. The van der Waals surface area contributed by atoms with Crippen LogP contribution in [0.15, 0.2) is 24.3 Å². The number of aliphatic hydroxyl groups excluding tert-OH is 1. The Morgan fingerprint density at radius 1 is 1.50 bits per heavy atom. The van der Waals surface area contributed by atoms with E-state index >= 15 is 0 Å². The molecule has 0 saturated heterocycles. The smallest absolute Gasteiger partial charge is 0.0582 e. The van der Waals surface area contributed by atoms with E-state index < -0.39 is 0 Å². The molecule has 0 amide bonds. The van der Waals surface area contributed by atoms with E-state index in [1.165, 1.54) is 30.4 Å². The first-order valence-corrected chi connectivity index (χ1v) is 6.43. The van der Waals surface area contributed by atoms with Crippen LogP contribution < -0.4 is 0 Å². The van der Waals surface area contributed by atoms with E-state index in [0.717, 1.165) is 12.8 Å². The van der Waals surface area contributed by atoms with Gasteiger partial charge in [0.25, 0.3) is 0 Å². The molecule has 0 aromatic heterocycles. The molecule has 2 aliphatic rings. The Labute approximate surface area is 99.3 Å². The third kappa shape index (κ3) is 1.98. The van der Waals surface area contributed by atoms with E-state index in [1.807, 2.05) is 0 Å². The van der Waals surface area contributed by atoms with E-state index in [-0.39, 0.29) is 6.10 Å². The summed E-state index contributed by atoms with van der Waals surface area (Å²) < 4.78 is 0. The van der Waals surface area contributed by atoms with Crippen molar-refractivity contribution < 1.29 is 5.11 Å². The van der Waals surface area contributed by atoms with Gasteiger partial charge in [-0.05, 0) is 56.3 Å². The summed E-state index contributed by atoms with van der Waals surface area (Å²) >= 11 is 0. The van der Waals surface area contributed by atoms with Crippen molar-refractivity contribution >= 4 is 0 Å². The average molecular weight is 220 g/mol. The summed E-state index contributed by atoms with van der Waals surface area (Å²) in [6.45, 7) is 12.8. The SMILES string of the molecule is C=C(C)C1CCC2(C)CC(O)CC(=C)C2C1. The van der Waals surface area contributed by atoms with Crippen LogP contribution in [0.4, 0.5) is 0 Å². The van der Waals surface area contributed by atoms with Gasteiger partial charge in [-0.2, -0.15) is 0 Å². The molecule has 0 aromatic rings. The van der Waals surface area contributed by atoms with Gasteiger partial charge in [0.05, 0.1) is 6.10 Å². The van der Waals surface area contributed by atoms with Crippen LogP contribution in [0.5, 0.6) is 0 Å². The number of hydrogen-bond donors (Lipinski definition) is 1. The highest BCUT2D eigenvalue weighted by molar-refractivity contribution is 5.16. The zero-order valence-electron chi connectivity index (χ0n) is 10.6. The van der Waals surface area contributed by atoms with E-state index in [0.29, 0.717) is 17.3 Å². The Bertz CT molecular complexity index is 317. The normalized spacial score (nSPS) is 43.9. The zero-order valence-corrected chi connectivity index (χ0v) is 10.6. The summed E-state index contributed by atoms with van der Waals surface area (Å²) in [5, 5.41) is 9.88. The third-order valence-corrected chi connectivity index (χ3v) is 4.81. The maximum atomic E-state index is 9.88. The molecule has 0 radical (unpaired) electrons. The Kier molecular flexibility index (Phi) is 3.00. The number of hydrogen-bond acceptors (Lipinski definition) is 1. The summed E-state index contributed by atoms with van der Waals surface area (Å²) in [5.41, 5.74) is 2.88. The standard InChI is InChI=1S/C15H24O/c1-10(2)12-5-6-15(4)9-13(16)7-11(3)14(15)8-12/h12-14,16H,1,3,5-9H2,2,4H3. The van der Waals surface area contributed by atoms with Crippen LogP contribution in [0.2, 0.25) is 0 Å². The van der Waals surface area contributed by atoms with Gasteiger partial charge in [0, 0.05) is 0 Å². The minimum Gasteiger partial charge on any atom is -0.393 e. The molecule has 0 aromatic carbocycles. The number of aliphatic hydroxyl groups is 1. The summed E-state index contributed by atoms with van der Waals surface area (Å²) in [5.74, 6) is 1.27. The van der Waals surface area contributed by atoms with Gasteiger partial charge in [-0.15, -0.1) is 0 Å². The lowest BCUT2D eigenvalue weighted by atomic mass is 9.56. The lowest BCUT2D eigenvalue weighted by Crippen LogP contribution is -2.42. The predicted octanol–water partition coefficient (Wildman–Crippen LogP) is 3.70. The van der Waals surface area contributed by atoms with Gasteiger partial charge < -0.3 is 5.11 Å². The van der Waals surface area contributed by atoms with Gasteiger partial charge in [0.2, 0.25) is 0 Å². The Balaban J connectivity index is 2.17. The van der Waals surface area contributed by atoms with Crippen LogP contribution >= 0.6 is 0 Å². The Morgan fingerprint density at radius 3 is 2.81 bits per heavy atom. The van der Waals surface area contributed by atoms with E-state index in [4.69, 9.17) is 0 Å². The van der Waals surface area contributed by atoms with Crippen LogP contribution in [-0.2, 0) is 0 Å². The maximum absolute atomic E-state index is 9.88. The molecule has 0 heterocycles. The van der Waals surface area contributed by atoms with Crippen molar-refractivity contribution in [3.8, 4) is 0 Å². The van der Waals surface area contributed by atoms with Gasteiger partial charge in [0.1, 0.15) is 0 Å². The van der Waals surface area contributed by atoms with Crippen LogP contribution in [0.25, 0.3) is 0 Å². The van der Waals surface area contributed by atoms with E-state index in [9.17, 15) is 5.11 Å². The molecule has 0 spiro atoms. The summed E-state index contributed by atoms with van der Waals surface area (Å²) in [4.78, 5) is 0. The predicted molar refractivity (Wildman–Crippen MR) is 68.1 cm³/mol. The second-order valence-electron chi connectivity index (χ2n) is 6.24. The maximum Gasteiger partial charge on any atom is 0.0582 e. The largest absolute Gasteiger partial charge is 0.393 e. The lowest BCUT2D eigenvalue weighted by molar-refractivity contribution is 0.00974. The molecule has 4 atom stereocenters. The topological polar surface area (TPSA) is 20.2 Å². The molecule has 0 aliphatic heterocycles. The molecular formula is C15H24O. The molecule has 0 bridgehead atoms. The molecule has 90 valence electrons. The van der Waals surface area contributed by atoms with Crippen molar-refractivity contribution in [3.63, 3.8) is 0 Å². The molecule has 1 heteroatoms. The monoisotopic (exact) mass is 220 g/mol. The van der Waals surface area contributed by atoms with Crippen molar-refractivity contribution in [3.05, 3.63) is 24.3 Å². The van der Waals surface area contributed by atoms with Gasteiger partial charge >= 0.3 is 0 Å². The Morgan fingerprint density at radius 2 is 2.19 bits per heavy atom. The second-order valence-corrected chi connectivity index (χ2v) is 6.24. The number of allylic oxidation sites excluding steroid dienone is 1. The molecule has 2 aliphatic carbocycles. The highest BCUT2D eigenvalue weighted by Crippen LogP contribution is 2.54. The van der Waals surface area contributed by atoms with E-state index in [1.54, 1.807) is 0 Å².